The van der Waals surface area contributed by atoms with Crippen LogP contribution in [0.2, 0.25) is 0 Å². The summed E-state index contributed by atoms with van der Waals surface area (Å²) in [7, 11) is 0. The summed E-state index contributed by atoms with van der Waals surface area (Å²) < 4.78 is 0. The van der Waals surface area contributed by atoms with E-state index in [-0.39, 0.29) is 6.04 Å². The molecule has 1 aromatic heterocycles. The molecule has 0 saturated heterocycles. The molecule has 0 amide bonds. The molecule has 110 valence electrons. The summed E-state index contributed by atoms with van der Waals surface area (Å²) in [4.78, 5) is 8.63. The van der Waals surface area contributed by atoms with Gasteiger partial charge in [-0.3, -0.25) is 9.97 Å². The average molecular weight is 283 g/mol. The van der Waals surface area contributed by atoms with Crippen molar-refractivity contribution in [2.45, 2.75) is 45.7 Å². The lowest BCUT2D eigenvalue weighted by atomic mass is 9.97. The van der Waals surface area contributed by atoms with Crippen LogP contribution >= 0.6 is 0 Å². The molecule has 1 heterocycles. The monoisotopic (exact) mass is 283 g/mol. The molecule has 0 fully saturated rings. The minimum atomic E-state index is 0.179. The van der Waals surface area contributed by atoms with Crippen molar-refractivity contribution < 1.29 is 5.11 Å². The van der Waals surface area contributed by atoms with E-state index in [4.69, 9.17) is 0 Å². The van der Waals surface area contributed by atoms with Crippen molar-refractivity contribution >= 4 is 0 Å². The van der Waals surface area contributed by atoms with Crippen molar-refractivity contribution in [3.8, 4) is 5.75 Å². The Balaban J connectivity index is 1.80. The molecule has 0 saturated carbocycles. The predicted molar refractivity (Wildman–Crippen MR) is 82.2 cm³/mol. The number of aromatic hydroxyl groups is 1. The summed E-state index contributed by atoms with van der Waals surface area (Å²) >= 11 is 0. The van der Waals surface area contributed by atoms with Gasteiger partial charge in [-0.1, -0.05) is 13.0 Å². The number of phenolic OH excluding ortho intramolecular Hbond substituents is 1. The van der Waals surface area contributed by atoms with Crippen molar-refractivity contribution in [1.82, 2.24) is 15.3 Å². The third kappa shape index (κ3) is 2.63. The zero-order valence-electron chi connectivity index (χ0n) is 12.7. The van der Waals surface area contributed by atoms with E-state index in [0.29, 0.717) is 18.2 Å². The number of hydrogen-bond acceptors (Lipinski definition) is 4. The second-order valence-corrected chi connectivity index (χ2v) is 5.95. The van der Waals surface area contributed by atoms with Crippen LogP contribution in [0.1, 0.15) is 53.4 Å². The number of aryl methyl sites for hydroxylation is 2. The lowest BCUT2D eigenvalue weighted by Crippen LogP contribution is -2.19. The number of aromatic nitrogens is 2. The van der Waals surface area contributed by atoms with Gasteiger partial charge < -0.3 is 10.4 Å². The Bertz CT molecular complexity index is 652. The first-order chi connectivity index (χ1) is 10.1. The molecule has 2 N–H and O–H groups in total. The fourth-order valence-electron chi connectivity index (χ4n) is 3.27. The van der Waals surface area contributed by atoms with Crippen LogP contribution in [0.5, 0.6) is 5.75 Å². The molecule has 3 rings (SSSR count). The van der Waals surface area contributed by atoms with Crippen LogP contribution in [-0.4, -0.2) is 15.1 Å². The van der Waals surface area contributed by atoms with E-state index in [1.807, 2.05) is 13.0 Å². The molecule has 1 aliphatic rings. The highest BCUT2D eigenvalue weighted by molar-refractivity contribution is 5.50. The van der Waals surface area contributed by atoms with Crippen molar-refractivity contribution in [3.63, 3.8) is 0 Å². The maximum absolute atomic E-state index is 10.2. The molecule has 21 heavy (non-hydrogen) atoms. The number of benzene rings is 1. The van der Waals surface area contributed by atoms with Gasteiger partial charge in [0.2, 0.25) is 0 Å². The molecule has 2 aromatic rings. The van der Waals surface area contributed by atoms with Gasteiger partial charge in [0.05, 0.1) is 11.4 Å². The number of rotatable bonds is 3. The van der Waals surface area contributed by atoms with Crippen LogP contribution in [0.25, 0.3) is 0 Å². The van der Waals surface area contributed by atoms with E-state index in [0.717, 1.165) is 23.4 Å². The van der Waals surface area contributed by atoms with Gasteiger partial charge in [-0.25, -0.2) is 0 Å². The first kappa shape index (κ1) is 14.0. The second kappa shape index (κ2) is 5.45. The van der Waals surface area contributed by atoms with Crippen LogP contribution in [0.3, 0.4) is 0 Å². The van der Waals surface area contributed by atoms with E-state index < -0.39 is 0 Å². The zero-order chi connectivity index (χ0) is 15.0. The summed E-state index contributed by atoms with van der Waals surface area (Å²) in [5.74, 6) is 0.862. The normalized spacial score (nSPS) is 20.5. The van der Waals surface area contributed by atoms with Gasteiger partial charge in [0.25, 0.3) is 0 Å². The number of hydrogen-bond donors (Lipinski definition) is 2. The highest BCUT2D eigenvalue weighted by Gasteiger charge is 2.31. The fourth-order valence-corrected chi connectivity index (χ4v) is 3.27. The first-order valence-electron chi connectivity index (χ1n) is 7.39. The molecular weight excluding hydrogens is 262 g/mol. The van der Waals surface area contributed by atoms with E-state index in [9.17, 15) is 5.11 Å². The summed E-state index contributed by atoms with van der Waals surface area (Å²) in [5.41, 5.74) is 5.46. The van der Waals surface area contributed by atoms with Gasteiger partial charge in [-0.05, 0) is 43.4 Å². The lowest BCUT2D eigenvalue weighted by molar-refractivity contribution is 0.444. The Morgan fingerprint density at radius 2 is 2.00 bits per heavy atom. The molecule has 4 nitrogen and oxygen atoms in total. The number of phenols is 1. The van der Waals surface area contributed by atoms with Crippen LogP contribution in [0, 0.1) is 13.8 Å². The molecule has 0 bridgehead atoms. The van der Waals surface area contributed by atoms with Crippen LogP contribution in [0.15, 0.2) is 24.5 Å². The van der Waals surface area contributed by atoms with Crippen LogP contribution in [0.4, 0.5) is 0 Å². The maximum Gasteiger partial charge on any atom is 0.120 e. The third-order valence-electron chi connectivity index (χ3n) is 4.28. The standard InChI is InChI=1S/C17H21N3O/c1-10-4-5-15(21)17-14(6-11(2)16(10)17)20-9-13-8-18-12(3)7-19-13/h4-5,7-8,11,14,20-21H,6,9H2,1-3H3. The molecule has 0 aliphatic heterocycles. The van der Waals surface area contributed by atoms with E-state index >= 15 is 0 Å². The molecule has 0 spiro atoms. The van der Waals surface area contributed by atoms with Gasteiger partial charge in [-0.15, -0.1) is 0 Å². The Kier molecular flexibility index (Phi) is 3.64. The van der Waals surface area contributed by atoms with Gasteiger partial charge in [-0.2, -0.15) is 0 Å². The Labute approximate surface area is 125 Å². The van der Waals surface area contributed by atoms with Crippen LogP contribution in [-0.2, 0) is 6.54 Å². The maximum atomic E-state index is 10.2. The van der Waals surface area contributed by atoms with Crippen LogP contribution < -0.4 is 5.32 Å². The molecule has 1 aliphatic carbocycles. The summed E-state index contributed by atoms with van der Waals surface area (Å²) in [6, 6.07) is 3.98. The average Bonchev–Trinajstić information content (AvgIpc) is 2.80. The van der Waals surface area contributed by atoms with Gasteiger partial charge in [0.15, 0.2) is 0 Å². The minimum absolute atomic E-state index is 0.179. The van der Waals surface area contributed by atoms with Gasteiger partial charge in [0.1, 0.15) is 5.75 Å². The van der Waals surface area contributed by atoms with E-state index in [1.54, 1.807) is 18.5 Å². The topological polar surface area (TPSA) is 58.0 Å². The highest BCUT2D eigenvalue weighted by Crippen LogP contribution is 2.45. The van der Waals surface area contributed by atoms with E-state index in [2.05, 4.69) is 29.1 Å². The van der Waals surface area contributed by atoms with E-state index in [1.165, 1.54) is 11.1 Å². The first-order valence-corrected chi connectivity index (χ1v) is 7.39. The number of nitrogens with zero attached hydrogens (tertiary/aromatic N) is 2. The quantitative estimate of drug-likeness (QED) is 0.908. The number of fused-ring (bicyclic) bond motifs is 1. The molecule has 2 unspecified atom stereocenters. The van der Waals surface area contributed by atoms with Crippen molar-refractivity contribution in [3.05, 3.63) is 52.6 Å². The SMILES string of the molecule is Cc1cnc(CNC2CC(C)c3c(C)ccc(O)c32)cn1. The predicted octanol–water partition coefficient (Wildman–Crippen LogP) is 3.14. The zero-order valence-corrected chi connectivity index (χ0v) is 12.7. The molecule has 2 atom stereocenters. The summed E-state index contributed by atoms with van der Waals surface area (Å²) in [6.07, 6.45) is 4.59. The summed E-state index contributed by atoms with van der Waals surface area (Å²) in [6.45, 7) is 6.93. The van der Waals surface area contributed by atoms with Gasteiger partial charge in [0, 0.05) is 30.5 Å². The molecule has 0 radical (unpaired) electrons. The molecular formula is C17H21N3O. The Morgan fingerprint density at radius 3 is 2.71 bits per heavy atom. The van der Waals surface area contributed by atoms with Crippen molar-refractivity contribution in [2.24, 2.45) is 0 Å². The minimum Gasteiger partial charge on any atom is -0.508 e. The van der Waals surface area contributed by atoms with Crippen molar-refractivity contribution in [1.29, 1.82) is 0 Å². The smallest absolute Gasteiger partial charge is 0.120 e. The second-order valence-electron chi connectivity index (χ2n) is 5.95. The Morgan fingerprint density at radius 1 is 1.19 bits per heavy atom. The van der Waals surface area contributed by atoms with Crippen molar-refractivity contribution in [2.75, 3.05) is 0 Å². The highest BCUT2D eigenvalue weighted by atomic mass is 16.3. The Hall–Kier alpha value is -1.94. The van der Waals surface area contributed by atoms with Gasteiger partial charge >= 0.3 is 0 Å². The largest absolute Gasteiger partial charge is 0.508 e. The fraction of sp³-hybridized carbons (Fsp3) is 0.412. The molecule has 4 heteroatoms. The summed E-state index contributed by atoms with van der Waals surface area (Å²) in [5, 5.41) is 13.7. The number of nitrogens with one attached hydrogen (secondary N) is 1. The molecule has 1 aromatic carbocycles. The lowest BCUT2D eigenvalue weighted by Gasteiger charge is -2.15. The third-order valence-corrected chi connectivity index (χ3v) is 4.28.